The molecule has 17 heavy (non-hydrogen) atoms. The topological polar surface area (TPSA) is 78.4 Å². The lowest BCUT2D eigenvalue weighted by atomic mass is 9.92. The number of benzene rings is 1. The summed E-state index contributed by atoms with van der Waals surface area (Å²) in [4.78, 5) is 22.5. The molecule has 0 aliphatic carbocycles. The molecular formula is C12H14N2O3. The second-order valence-corrected chi connectivity index (χ2v) is 4.09. The summed E-state index contributed by atoms with van der Waals surface area (Å²) in [6, 6.07) is 7.01. The minimum Gasteiger partial charge on any atom is -0.375 e. The van der Waals surface area contributed by atoms with Crippen molar-refractivity contribution in [1.82, 2.24) is 5.32 Å². The maximum absolute atomic E-state index is 11.8. The Morgan fingerprint density at radius 3 is 2.88 bits per heavy atom. The van der Waals surface area contributed by atoms with Crippen LogP contribution in [0, 0.1) is 0 Å². The van der Waals surface area contributed by atoms with Gasteiger partial charge in [0, 0.05) is 31.1 Å². The van der Waals surface area contributed by atoms with Crippen LogP contribution < -0.4 is 10.6 Å². The predicted molar refractivity (Wildman–Crippen MR) is 62.3 cm³/mol. The minimum absolute atomic E-state index is 0.162. The molecule has 2 amide bonds. The Hall–Kier alpha value is -1.88. The summed E-state index contributed by atoms with van der Waals surface area (Å²) >= 11 is 0. The van der Waals surface area contributed by atoms with Gasteiger partial charge in [-0.1, -0.05) is 18.2 Å². The van der Waals surface area contributed by atoms with E-state index < -0.39 is 11.5 Å². The summed E-state index contributed by atoms with van der Waals surface area (Å²) in [5.74, 6) is -0.621. The molecule has 0 spiro atoms. The highest BCUT2D eigenvalue weighted by Gasteiger charge is 2.44. The maximum Gasteiger partial charge on any atom is 0.261 e. The molecule has 0 saturated heterocycles. The van der Waals surface area contributed by atoms with Crippen LogP contribution in [0.3, 0.4) is 0 Å². The molecule has 0 saturated carbocycles. The molecule has 0 fully saturated rings. The van der Waals surface area contributed by atoms with Crippen LogP contribution in [-0.2, 0) is 15.2 Å². The van der Waals surface area contributed by atoms with Crippen molar-refractivity contribution in [2.45, 2.75) is 18.9 Å². The molecule has 90 valence electrons. The summed E-state index contributed by atoms with van der Waals surface area (Å²) < 4.78 is 0. The molecule has 0 aromatic heterocycles. The van der Waals surface area contributed by atoms with Gasteiger partial charge in [-0.05, 0) is 6.07 Å². The van der Waals surface area contributed by atoms with Crippen LogP contribution in [0.4, 0.5) is 5.69 Å². The van der Waals surface area contributed by atoms with E-state index >= 15 is 0 Å². The van der Waals surface area contributed by atoms with Crippen LogP contribution in [0.25, 0.3) is 0 Å². The Morgan fingerprint density at radius 1 is 1.47 bits per heavy atom. The van der Waals surface area contributed by atoms with Gasteiger partial charge in [0.2, 0.25) is 5.91 Å². The summed E-state index contributed by atoms with van der Waals surface area (Å²) in [5.41, 5.74) is -0.350. The molecule has 0 radical (unpaired) electrons. The van der Waals surface area contributed by atoms with Crippen molar-refractivity contribution < 1.29 is 14.7 Å². The van der Waals surface area contributed by atoms with E-state index in [-0.39, 0.29) is 18.9 Å². The van der Waals surface area contributed by atoms with Crippen LogP contribution >= 0.6 is 0 Å². The van der Waals surface area contributed by atoms with E-state index in [1.54, 1.807) is 24.3 Å². The van der Waals surface area contributed by atoms with Crippen molar-refractivity contribution in [2.24, 2.45) is 0 Å². The fourth-order valence-corrected chi connectivity index (χ4v) is 1.97. The van der Waals surface area contributed by atoms with Crippen molar-refractivity contribution >= 4 is 17.5 Å². The third kappa shape index (κ3) is 2.01. The van der Waals surface area contributed by atoms with Crippen LogP contribution in [-0.4, -0.2) is 23.5 Å². The zero-order valence-electron chi connectivity index (χ0n) is 9.49. The highest BCUT2D eigenvalue weighted by Crippen LogP contribution is 2.37. The molecule has 0 bridgehead atoms. The van der Waals surface area contributed by atoms with Gasteiger partial charge in [-0.15, -0.1) is 0 Å². The number of hydrogen-bond donors (Lipinski definition) is 3. The second kappa shape index (κ2) is 4.18. The van der Waals surface area contributed by atoms with E-state index in [4.69, 9.17) is 0 Å². The van der Waals surface area contributed by atoms with Crippen molar-refractivity contribution in [2.75, 3.05) is 11.9 Å². The van der Waals surface area contributed by atoms with E-state index in [1.807, 2.05) is 0 Å². The third-order valence-electron chi connectivity index (χ3n) is 2.86. The van der Waals surface area contributed by atoms with Crippen molar-refractivity contribution in [3.8, 4) is 0 Å². The van der Waals surface area contributed by atoms with Gasteiger partial charge >= 0.3 is 0 Å². The number of aliphatic hydroxyl groups is 1. The van der Waals surface area contributed by atoms with Crippen LogP contribution in [0.1, 0.15) is 18.9 Å². The van der Waals surface area contributed by atoms with Crippen LogP contribution in [0.15, 0.2) is 24.3 Å². The van der Waals surface area contributed by atoms with Crippen molar-refractivity contribution in [3.63, 3.8) is 0 Å². The first kappa shape index (κ1) is 11.6. The van der Waals surface area contributed by atoms with E-state index in [0.717, 1.165) is 0 Å². The zero-order chi connectivity index (χ0) is 12.5. The van der Waals surface area contributed by atoms with E-state index in [9.17, 15) is 14.7 Å². The Balaban J connectivity index is 2.19. The Morgan fingerprint density at radius 2 is 2.18 bits per heavy atom. The van der Waals surface area contributed by atoms with Gasteiger partial charge in [0.05, 0.1) is 0 Å². The molecule has 1 aliphatic heterocycles. The molecule has 1 atom stereocenters. The van der Waals surface area contributed by atoms with Crippen molar-refractivity contribution in [1.29, 1.82) is 0 Å². The fraction of sp³-hybridized carbons (Fsp3) is 0.333. The number of nitrogens with one attached hydrogen (secondary N) is 2. The van der Waals surface area contributed by atoms with Gasteiger partial charge in [0.1, 0.15) is 0 Å². The van der Waals surface area contributed by atoms with Crippen LogP contribution in [0.2, 0.25) is 0 Å². The minimum atomic E-state index is -1.54. The van der Waals surface area contributed by atoms with Gasteiger partial charge in [-0.3, -0.25) is 9.59 Å². The first-order valence-electron chi connectivity index (χ1n) is 5.42. The number of carbonyl (C=O) groups excluding carboxylic acids is 2. The predicted octanol–water partition coefficient (Wildman–Crippen LogP) is 0.352. The van der Waals surface area contributed by atoms with E-state index in [1.165, 1.54) is 6.92 Å². The molecule has 1 aromatic carbocycles. The molecule has 5 nitrogen and oxygen atoms in total. The van der Waals surface area contributed by atoms with Crippen molar-refractivity contribution in [3.05, 3.63) is 29.8 Å². The number of para-hydroxylation sites is 1. The molecule has 1 aliphatic rings. The highest BCUT2D eigenvalue weighted by atomic mass is 16.3. The molecule has 5 heteroatoms. The average molecular weight is 234 g/mol. The largest absolute Gasteiger partial charge is 0.375 e. The van der Waals surface area contributed by atoms with Gasteiger partial charge in [-0.2, -0.15) is 0 Å². The monoisotopic (exact) mass is 234 g/mol. The summed E-state index contributed by atoms with van der Waals surface area (Å²) in [7, 11) is 0. The SMILES string of the molecule is CC(=O)NCC[C@]1(O)C(=O)Nc2ccccc21. The number of rotatable bonds is 3. The van der Waals surface area contributed by atoms with Gasteiger partial charge < -0.3 is 15.7 Å². The molecular weight excluding hydrogens is 220 g/mol. The lowest BCUT2D eigenvalue weighted by molar-refractivity contribution is -0.134. The van der Waals surface area contributed by atoms with E-state index in [2.05, 4.69) is 10.6 Å². The first-order chi connectivity index (χ1) is 8.04. The van der Waals surface area contributed by atoms with Crippen LogP contribution in [0.5, 0.6) is 0 Å². The number of hydrogen-bond acceptors (Lipinski definition) is 3. The Kier molecular flexibility index (Phi) is 2.85. The lowest BCUT2D eigenvalue weighted by Gasteiger charge is -2.20. The highest BCUT2D eigenvalue weighted by molar-refractivity contribution is 6.04. The summed E-state index contributed by atoms with van der Waals surface area (Å²) in [5, 5.41) is 15.6. The molecule has 1 aromatic rings. The second-order valence-electron chi connectivity index (χ2n) is 4.09. The number of amides is 2. The fourth-order valence-electron chi connectivity index (χ4n) is 1.97. The van der Waals surface area contributed by atoms with Gasteiger partial charge in [-0.25, -0.2) is 0 Å². The molecule has 0 unspecified atom stereocenters. The summed E-state index contributed by atoms with van der Waals surface area (Å²) in [6.07, 6.45) is 0.162. The van der Waals surface area contributed by atoms with Gasteiger partial charge in [0.25, 0.3) is 5.91 Å². The maximum atomic E-state index is 11.8. The smallest absolute Gasteiger partial charge is 0.261 e. The summed E-state index contributed by atoms with van der Waals surface area (Å²) in [6.45, 7) is 1.65. The average Bonchev–Trinajstić information content (AvgIpc) is 2.52. The normalized spacial score (nSPS) is 21.9. The Labute approximate surface area is 98.8 Å². The number of anilines is 1. The molecule has 2 rings (SSSR count). The molecule has 1 heterocycles. The zero-order valence-corrected chi connectivity index (χ0v) is 9.49. The quantitative estimate of drug-likeness (QED) is 0.706. The van der Waals surface area contributed by atoms with E-state index in [0.29, 0.717) is 11.3 Å². The third-order valence-corrected chi connectivity index (χ3v) is 2.86. The molecule has 3 N–H and O–H groups in total. The lowest BCUT2D eigenvalue weighted by Crippen LogP contribution is -2.38. The number of fused-ring (bicyclic) bond motifs is 1. The first-order valence-corrected chi connectivity index (χ1v) is 5.42. The van der Waals surface area contributed by atoms with Gasteiger partial charge in [0.15, 0.2) is 5.60 Å². The standard InChI is InChI=1S/C12H14N2O3/c1-8(15)13-7-6-12(17)9-4-2-3-5-10(9)14-11(12)16/h2-5,17H,6-7H2,1H3,(H,13,15)(H,14,16)/t12-/m1/s1. The number of carbonyl (C=O) groups is 2. The Bertz CT molecular complexity index is 473.